The predicted octanol–water partition coefficient (Wildman–Crippen LogP) is 1.54. The maximum atomic E-state index is 5.52. The van der Waals surface area contributed by atoms with E-state index in [4.69, 9.17) is 5.73 Å². The third-order valence-corrected chi connectivity index (χ3v) is 3.19. The summed E-state index contributed by atoms with van der Waals surface area (Å²) < 4.78 is 1.97. The summed E-state index contributed by atoms with van der Waals surface area (Å²) in [6.07, 6.45) is 7.92. The molecule has 0 unspecified atom stereocenters. The molecule has 0 saturated heterocycles. The van der Waals surface area contributed by atoms with Gasteiger partial charge in [-0.15, -0.1) is 5.10 Å². The summed E-state index contributed by atoms with van der Waals surface area (Å²) in [5.41, 5.74) is 5.73. The van der Waals surface area contributed by atoms with E-state index in [0.717, 1.165) is 6.42 Å². The third kappa shape index (κ3) is 1.30. The van der Waals surface area contributed by atoms with Crippen LogP contribution in [-0.2, 0) is 5.54 Å². The molecule has 1 saturated carbocycles. The highest BCUT2D eigenvalue weighted by atomic mass is 15.4. The Morgan fingerprint density at radius 1 is 1.54 bits per heavy atom. The lowest BCUT2D eigenvalue weighted by Crippen LogP contribution is -2.30. The van der Waals surface area contributed by atoms with E-state index in [1.165, 1.54) is 25.7 Å². The van der Waals surface area contributed by atoms with Gasteiger partial charge < -0.3 is 5.73 Å². The van der Waals surface area contributed by atoms with Crippen molar-refractivity contribution in [1.29, 1.82) is 0 Å². The van der Waals surface area contributed by atoms with Crippen molar-refractivity contribution in [3.05, 3.63) is 6.33 Å². The Hall–Kier alpha value is -1.06. The van der Waals surface area contributed by atoms with Crippen molar-refractivity contribution in [1.82, 2.24) is 14.8 Å². The Balaban J connectivity index is 2.30. The van der Waals surface area contributed by atoms with Gasteiger partial charge in [0.1, 0.15) is 6.33 Å². The topological polar surface area (TPSA) is 56.7 Å². The van der Waals surface area contributed by atoms with Crippen LogP contribution in [0.4, 0.5) is 5.95 Å². The van der Waals surface area contributed by atoms with Crippen LogP contribution in [0.1, 0.15) is 39.0 Å². The molecule has 2 rings (SSSR count). The number of nitrogens with zero attached hydrogens (tertiary/aromatic N) is 3. The van der Waals surface area contributed by atoms with Crippen molar-refractivity contribution in [2.75, 3.05) is 5.73 Å². The molecule has 0 bridgehead atoms. The fraction of sp³-hybridized carbons (Fsp3) is 0.778. The first-order valence-corrected chi connectivity index (χ1v) is 4.94. The van der Waals surface area contributed by atoms with E-state index >= 15 is 0 Å². The van der Waals surface area contributed by atoms with Crippen molar-refractivity contribution in [2.24, 2.45) is 0 Å². The summed E-state index contributed by atoms with van der Waals surface area (Å²) in [5.74, 6) is 0.389. The summed E-state index contributed by atoms with van der Waals surface area (Å²) in [4.78, 5) is 3.98. The monoisotopic (exact) mass is 180 g/mol. The minimum absolute atomic E-state index is 0.213. The van der Waals surface area contributed by atoms with Gasteiger partial charge in [0, 0.05) is 0 Å². The molecule has 1 fully saturated rings. The fourth-order valence-electron chi connectivity index (χ4n) is 2.28. The van der Waals surface area contributed by atoms with Crippen LogP contribution in [0.3, 0.4) is 0 Å². The summed E-state index contributed by atoms with van der Waals surface area (Å²) >= 11 is 0. The average molecular weight is 180 g/mol. The van der Waals surface area contributed by atoms with Gasteiger partial charge in [0.15, 0.2) is 0 Å². The van der Waals surface area contributed by atoms with Gasteiger partial charge in [-0.1, -0.05) is 19.8 Å². The molecule has 0 aliphatic heterocycles. The van der Waals surface area contributed by atoms with Crippen LogP contribution in [0.2, 0.25) is 0 Å². The maximum Gasteiger partial charge on any atom is 0.239 e. The minimum atomic E-state index is 0.213. The number of hydrogen-bond acceptors (Lipinski definition) is 3. The number of nitrogen functional groups attached to an aromatic ring is 1. The van der Waals surface area contributed by atoms with Crippen molar-refractivity contribution in [2.45, 2.75) is 44.6 Å². The average Bonchev–Trinajstić information content (AvgIpc) is 2.73. The van der Waals surface area contributed by atoms with Gasteiger partial charge in [-0.2, -0.15) is 0 Å². The molecule has 13 heavy (non-hydrogen) atoms. The van der Waals surface area contributed by atoms with Crippen LogP contribution in [-0.4, -0.2) is 14.8 Å². The quantitative estimate of drug-likeness (QED) is 0.751. The molecular formula is C9H16N4. The zero-order valence-corrected chi connectivity index (χ0v) is 8.03. The Morgan fingerprint density at radius 2 is 2.23 bits per heavy atom. The second kappa shape index (κ2) is 3.01. The first kappa shape index (κ1) is 8.53. The first-order chi connectivity index (χ1) is 6.27. The summed E-state index contributed by atoms with van der Waals surface area (Å²) in [5, 5.41) is 4.22. The highest BCUT2D eigenvalue weighted by Gasteiger charge is 2.34. The molecular weight excluding hydrogens is 164 g/mol. The van der Waals surface area contributed by atoms with Gasteiger partial charge in [0.05, 0.1) is 5.54 Å². The molecule has 2 N–H and O–H groups in total. The molecule has 0 spiro atoms. The van der Waals surface area contributed by atoms with Crippen molar-refractivity contribution in [3.63, 3.8) is 0 Å². The lowest BCUT2D eigenvalue weighted by atomic mass is 9.95. The molecule has 1 aliphatic carbocycles. The van der Waals surface area contributed by atoms with Crippen LogP contribution in [0, 0.1) is 0 Å². The van der Waals surface area contributed by atoms with Gasteiger partial charge in [-0.3, -0.25) is 0 Å². The molecule has 1 aliphatic rings. The second-order valence-corrected chi connectivity index (χ2v) is 3.83. The first-order valence-electron chi connectivity index (χ1n) is 4.94. The largest absolute Gasteiger partial charge is 0.367 e. The molecule has 4 nitrogen and oxygen atoms in total. The molecule has 0 amide bonds. The normalized spacial score (nSPS) is 20.7. The molecule has 1 aromatic rings. The Kier molecular flexibility index (Phi) is 1.98. The van der Waals surface area contributed by atoms with Gasteiger partial charge >= 0.3 is 0 Å². The van der Waals surface area contributed by atoms with E-state index in [9.17, 15) is 0 Å². The zero-order chi connectivity index (χ0) is 9.31. The zero-order valence-electron chi connectivity index (χ0n) is 8.03. The van der Waals surface area contributed by atoms with E-state index in [-0.39, 0.29) is 5.54 Å². The maximum absolute atomic E-state index is 5.52. The summed E-state index contributed by atoms with van der Waals surface area (Å²) in [6, 6.07) is 0. The molecule has 1 aromatic heterocycles. The smallest absolute Gasteiger partial charge is 0.239 e. The Morgan fingerprint density at radius 3 is 2.69 bits per heavy atom. The van der Waals surface area contributed by atoms with Crippen LogP contribution in [0.5, 0.6) is 0 Å². The summed E-state index contributed by atoms with van der Waals surface area (Å²) in [6.45, 7) is 2.21. The number of aromatic nitrogens is 3. The Labute approximate surface area is 78.1 Å². The Bertz CT molecular complexity index is 286. The lowest BCUT2D eigenvalue weighted by molar-refractivity contribution is 0.252. The van der Waals surface area contributed by atoms with Crippen LogP contribution < -0.4 is 5.73 Å². The van der Waals surface area contributed by atoms with E-state index in [2.05, 4.69) is 17.0 Å². The van der Waals surface area contributed by atoms with Crippen LogP contribution in [0.25, 0.3) is 0 Å². The highest BCUT2D eigenvalue weighted by Crippen LogP contribution is 2.38. The van der Waals surface area contributed by atoms with Crippen molar-refractivity contribution < 1.29 is 0 Å². The van der Waals surface area contributed by atoms with Crippen molar-refractivity contribution in [3.8, 4) is 0 Å². The number of anilines is 1. The summed E-state index contributed by atoms with van der Waals surface area (Å²) in [7, 11) is 0. The molecule has 0 radical (unpaired) electrons. The number of nitrogens with two attached hydrogens (primary N) is 1. The van der Waals surface area contributed by atoms with E-state index in [1.54, 1.807) is 6.33 Å². The fourth-order valence-corrected chi connectivity index (χ4v) is 2.28. The van der Waals surface area contributed by atoms with Gasteiger partial charge in [0.2, 0.25) is 5.95 Å². The third-order valence-electron chi connectivity index (χ3n) is 3.19. The van der Waals surface area contributed by atoms with E-state index in [0.29, 0.717) is 5.95 Å². The standard InChI is InChI=1S/C9H16N4/c1-2-9(5-3-4-6-9)13-7-11-8(10)12-13/h7H,2-6H2,1H3,(H2,10,12). The van der Waals surface area contributed by atoms with Crippen LogP contribution >= 0.6 is 0 Å². The van der Waals surface area contributed by atoms with Gasteiger partial charge in [-0.25, -0.2) is 9.67 Å². The van der Waals surface area contributed by atoms with Crippen LogP contribution in [0.15, 0.2) is 6.33 Å². The highest BCUT2D eigenvalue weighted by molar-refractivity contribution is 5.10. The molecule has 0 aromatic carbocycles. The lowest BCUT2D eigenvalue weighted by Gasteiger charge is -2.27. The molecule has 1 heterocycles. The van der Waals surface area contributed by atoms with Gasteiger partial charge in [0.25, 0.3) is 0 Å². The van der Waals surface area contributed by atoms with E-state index < -0.39 is 0 Å². The van der Waals surface area contributed by atoms with E-state index in [1.807, 2.05) is 4.68 Å². The number of hydrogen-bond donors (Lipinski definition) is 1. The molecule has 4 heteroatoms. The minimum Gasteiger partial charge on any atom is -0.367 e. The second-order valence-electron chi connectivity index (χ2n) is 3.83. The van der Waals surface area contributed by atoms with Crippen molar-refractivity contribution >= 4 is 5.95 Å². The predicted molar refractivity (Wildman–Crippen MR) is 51.2 cm³/mol. The van der Waals surface area contributed by atoms with Gasteiger partial charge in [-0.05, 0) is 19.3 Å². The molecule has 72 valence electrons. The SMILES string of the molecule is CCC1(n2cnc(N)n2)CCCC1. The molecule has 0 atom stereocenters. The number of rotatable bonds is 2.